The molecule has 1 unspecified atom stereocenters. The van der Waals surface area contributed by atoms with Gasteiger partial charge < -0.3 is 10.4 Å². The molecule has 112 valence electrons. The molecule has 0 aliphatic heterocycles. The first kappa shape index (κ1) is 16.9. The third-order valence-electron chi connectivity index (χ3n) is 2.61. The van der Waals surface area contributed by atoms with Gasteiger partial charge >= 0.3 is 0 Å². The zero-order valence-corrected chi connectivity index (χ0v) is 12.7. The van der Waals surface area contributed by atoms with Gasteiger partial charge in [-0.15, -0.1) is 0 Å². The van der Waals surface area contributed by atoms with Crippen LogP contribution in [0.2, 0.25) is 0 Å². The van der Waals surface area contributed by atoms with Gasteiger partial charge in [0.15, 0.2) is 0 Å². The second-order valence-electron chi connectivity index (χ2n) is 5.61. The minimum absolute atomic E-state index is 0.0677. The minimum Gasteiger partial charge on any atom is -0.384 e. The Morgan fingerprint density at radius 1 is 1.10 bits per heavy atom. The van der Waals surface area contributed by atoms with Crippen LogP contribution in [0.5, 0.6) is 0 Å². The molecular weight excluding hydrogens is 264 g/mol. The molecule has 0 spiro atoms. The van der Waals surface area contributed by atoms with Crippen molar-refractivity contribution in [2.75, 3.05) is 0 Å². The zero-order valence-electron chi connectivity index (χ0n) is 12.7. The number of nitrogens with one attached hydrogen (secondary N) is 1. The number of aliphatic hydroxyl groups is 1. The quantitative estimate of drug-likeness (QED) is 0.853. The van der Waals surface area contributed by atoms with Crippen LogP contribution < -0.4 is 5.32 Å². The summed E-state index contributed by atoms with van der Waals surface area (Å²) in [4.78, 5) is 13.7. The lowest BCUT2D eigenvalue weighted by Gasteiger charge is -2.15. The van der Waals surface area contributed by atoms with Gasteiger partial charge in [-0.2, -0.15) is 0 Å². The highest BCUT2D eigenvalue weighted by Gasteiger charge is 2.08. The van der Waals surface area contributed by atoms with Crippen molar-refractivity contribution in [2.45, 2.75) is 32.4 Å². The van der Waals surface area contributed by atoms with Crippen LogP contribution in [0.15, 0.2) is 54.9 Å². The van der Waals surface area contributed by atoms with Crippen LogP contribution in [0.25, 0.3) is 0 Å². The maximum Gasteiger partial charge on any atom is 0.207 e. The summed E-state index contributed by atoms with van der Waals surface area (Å²) >= 11 is 0. The van der Waals surface area contributed by atoms with E-state index < -0.39 is 6.10 Å². The van der Waals surface area contributed by atoms with E-state index in [-0.39, 0.29) is 5.54 Å². The van der Waals surface area contributed by atoms with Crippen molar-refractivity contribution in [1.29, 1.82) is 0 Å². The highest BCUT2D eigenvalue weighted by molar-refractivity contribution is 5.47. The van der Waals surface area contributed by atoms with E-state index in [4.69, 9.17) is 0 Å². The van der Waals surface area contributed by atoms with Crippen molar-refractivity contribution in [3.63, 3.8) is 0 Å². The molecule has 1 aromatic carbocycles. The van der Waals surface area contributed by atoms with Crippen molar-refractivity contribution in [3.8, 4) is 0 Å². The summed E-state index contributed by atoms with van der Waals surface area (Å²) in [7, 11) is 0. The molecule has 0 bridgehead atoms. The highest BCUT2D eigenvalue weighted by Crippen LogP contribution is 2.19. The molecule has 0 aliphatic rings. The Morgan fingerprint density at radius 2 is 1.71 bits per heavy atom. The summed E-state index contributed by atoms with van der Waals surface area (Å²) in [6.45, 7) is 5.80. The van der Waals surface area contributed by atoms with Crippen LogP contribution in [-0.2, 0) is 4.79 Å². The van der Waals surface area contributed by atoms with E-state index in [0.717, 1.165) is 11.1 Å². The monoisotopic (exact) mass is 286 g/mol. The molecular formula is C17H22N2O2. The fourth-order valence-corrected chi connectivity index (χ4v) is 1.54. The van der Waals surface area contributed by atoms with Crippen molar-refractivity contribution >= 4 is 6.41 Å². The van der Waals surface area contributed by atoms with Crippen LogP contribution in [0.3, 0.4) is 0 Å². The lowest BCUT2D eigenvalue weighted by Crippen LogP contribution is -2.34. The summed E-state index contributed by atoms with van der Waals surface area (Å²) in [6, 6.07) is 13.2. The van der Waals surface area contributed by atoms with Crippen molar-refractivity contribution in [1.82, 2.24) is 10.3 Å². The first-order valence-corrected chi connectivity index (χ1v) is 6.78. The maximum atomic E-state index is 9.95. The third-order valence-corrected chi connectivity index (χ3v) is 2.61. The number of hydrogen-bond donors (Lipinski definition) is 2. The van der Waals surface area contributed by atoms with Gasteiger partial charge in [0.2, 0.25) is 6.41 Å². The number of carbonyl (C=O) groups excluding carboxylic acids is 1. The number of nitrogens with zero attached hydrogens (tertiary/aromatic N) is 1. The van der Waals surface area contributed by atoms with Gasteiger partial charge in [-0.1, -0.05) is 36.4 Å². The van der Waals surface area contributed by atoms with E-state index in [1.165, 1.54) is 0 Å². The topological polar surface area (TPSA) is 62.2 Å². The second kappa shape index (κ2) is 8.17. The average molecular weight is 286 g/mol. The van der Waals surface area contributed by atoms with E-state index in [0.29, 0.717) is 6.41 Å². The number of aliphatic hydroxyl groups excluding tert-OH is 1. The Kier molecular flexibility index (Phi) is 6.56. The second-order valence-corrected chi connectivity index (χ2v) is 5.61. The molecule has 1 atom stereocenters. The fourth-order valence-electron chi connectivity index (χ4n) is 1.54. The standard InChI is InChI=1S/C12H11NO.C5H11NO/c14-12(10-5-2-1-3-6-10)11-7-4-8-13-9-11;1-5(2,3)6-4-7/h1-9,12,14H;4H,1-3H3,(H,6,7). The number of rotatable bonds is 3. The normalized spacial score (nSPS) is 11.8. The molecule has 21 heavy (non-hydrogen) atoms. The summed E-state index contributed by atoms with van der Waals surface area (Å²) in [5.74, 6) is 0. The van der Waals surface area contributed by atoms with E-state index in [9.17, 15) is 9.90 Å². The number of hydrogen-bond acceptors (Lipinski definition) is 3. The Labute approximate surface area is 125 Å². The van der Waals surface area contributed by atoms with Gasteiger partial charge in [-0.3, -0.25) is 9.78 Å². The molecule has 2 rings (SSSR count). The Morgan fingerprint density at radius 3 is 2.14 bits per heavy atom. The molecule has 1 heterocycles. The molecule has 4 nitrogen and oxygen atoms in total. The largest absolute Gasteiger partial charge is 0.384 e. The van der Waals surface area contributed by atoms with Gasteiger partial charge in [0, 0.05) is 23.5 Å². The number of amides is 1. The van der Waals surface area contributed by atoms with Gasteiger partial charge in [-0.25, -0.2) is 0 Å². The van der Waals surface area contributed by atoms with E-state index in [1.54, 1.807) is 12.4 Å². The maximum absolute atomic E-state index is 9.95. The molecule has 1 aromatic heterocycles. The Bertz CT molecular complexity index is 482. The molecule has 2 aromatic rings. The van der Waals surface area contributed by atoms with E-state index >= 15 is 0 Å². The van der Waals surface area contributed by atoms with Gasteiger partial charge in [0.05, 0.1) is 0 Å². The summed E-state index contributed by atoms with van der Waals surface area (Å²) < 4.78 is 0. The fraction of sp³-hybridized carbons (Fsp3) is 0.294. The average Bonchev–Trinajstić information content (AvgIpc) is 2.48. The van der Waals surface area contributed by atoms with E-state index in [1.807, 2.05) is 63.2 Å². The molecule has 0 fully saturated rings. The molecule has 0 aliphatic carbocycles. The van der Waals surface area contributed by atoms with Gasteiger partial charge in [0.1, 0.15) is 6.10 Å². The number of pyridine rings is 1. The first-order valence-electron chi connectivity index (χ1n) is 6.78. The molecule has 4 heteroatoms. The Hall–Kier alpha value is -2.20. The minimum atomic E-state index is -0.579. The molecule has 2 N–H and O–H groups in total. The lowest BCUT2D eigenvalue weighted by atomic mass is 10.0. The number of aromatic nitrogens is 1. The smallest absolute Gasteiger partial charge is 0.207 e. The van der Waals surface area contributed by atoms with Crippen molar-refractivity contribution in [2.24, 2.45) is 0 Å². The SMILES string of the molecule is CC(C)(C)NC=O.OC(c1ccccc1)c1cccnc1. The number of benzene rings is 1. The van der Waals surface area contributed by atoms with Crippen LogP contribution in [0.4, 0.5) is 0 Å². The molecule has 0 saturated heterocycles. The third kappa shape index (κ3) is 6.68. The summed E-state index contributed by atoms with van der Waals surface area (Å²) in [5.41, 5.74) is 1.64. The van der Waals surface area contributed by atoms with Crippen LogP contribution in [-0.4, -0.2) is 22.0 Å². The lowest BCUT2D eigenvalue weighted by molar-refractivity contribution is -0.110. The molecule has 0 radical (unpaired) electrons. The summed E-state index contributed by atoms with van der Waals surface area (Å²) in [5, 5.41) is 12.6. The summed E-state index contributed by atoms with van der Waals surface area (Å²) in [6.07, 6.45) is 3.50. The highest BCUT2D eigenvalue weighted by atomic mass is 16.3. The number of carbonyl (C=O) groups is 1. The van der Waals surface area contributed by atoms with Crippen LogP contribution in [0.1, 0.15) is 38.0 Å². The first-order chi connectivity index (χ1) is 9.94. The van der Waals surface area contributed by atoms with Crippen LogP contribution in [0, 0.1) is 0 Å². The van der Waals surface area contributed by atoms with Gasteiger partial charge in [-0.05, 0) is 32.4 Å². The Balaban J connectivity index is 0.000000270. The predicted octanol–water partition coefficient (Wildman–Crippen LogP) is 2.69. The molecule has 1 amide bonds. The van der Waals surface area contributed by atoms with Crippen LogP contribution >= 0.6 is 0 Å². The predicted molar refractivity (Wildman–Crippen MR) is 83.7 cm³/mol. The molecule has 0 saturated carbocycles. The van der Waals surface area contributed by atoms with Crippen molar-refractivity contribution in [3.05, 3.63) is 66.0 Å². The van der Waals surface area contributed by atoms with Crippen molar-refractivity contribution < 1.29 is 9.90 Å². The zero-order chi connectivity index (χ0) is 15.7. The van der Waals surface area contributed by atoms with E-state index in [2.05, 4.69) is 10.3 Å². The van der Waals surface area contributed by atoms with Gasteiger partial charge in [0.25, 0.3) is 0 Å².